The third-order valence-electron chi connectivity index (χ3n) is 2.64. The zero-order chi connectivity index (χ0) is 12.8. The van der Waals surface area contributed by atoms with Gasteiger partial charge in [-0.15, -0.1) is 0 Å². The molecular formula is C13H15N5. The van der Waals surface area contributed by atoms with E-state index in [1.807, 2.05) is 31.4 Å². The molecule has 2 heterocycles. The molecule has 2 aromatic heterocycles. The van der Waals surface area contributed by atoms with Crippen LogP contribution in [0, 0.1) is 11.3 Å². The lowest BCUT2D eigenvalue weighted by Gasteiger charge is -2.04. The van der Waals surface area contributed by atoms with Crippen molar-refractivity contribution in [2.75, 3.05) is 6.54 Å². The van der Waals surface area contributed by atoms with E-state index in [-0.39, 0.29) is 0 Å². The number of hydrogen-bond acceptors (Lipinski definition) is 4. The molecule has 2 rings (SSSR count). The van der Waals surface area contributed by atoms with E-state index in [4.69, 9.17) is 5.26 Å². The largest absolute Gasteiger partial charge is 0.312 e. The first-order valence-corrected chi connectivity index (χ1v) is 5.83. The van der Waals surface area contributed by atoms with E-state index in [0.717, 1.165) is 24.2 Å². The predicted molar refractivity (Wildman–Crippen MR) is 67.6 cm³/mol. The van der Waals surface area contributed by atoms with Crippen molar-refractivity contribution in [1.29, 1.82) is 5.26 Å². The first kappa shape index (κ1) is 12.3. The minimum atomic E-state index is 0.489. The van der Waals surface area contributed by atoms with E-state index in [0.29, 0.717) is 12.2 Å². The highest BCUT2D eigenvalue weighted by Gasteiger charge is 2.01. The number of aryl methyl sites for hydroxylation is 1. The zero-order valence-corrected chi connectivity index (χ0v) is 10.3. The molecule has 0 saturated carbocycles. The molecule has 2 aromatic rings. The van der Waals surface area contributed by atoms with E-state index in [9.17, 15) is 0 Å². The molecule has 92 valence electrons. The van der Waals surface area contributed by atoms with Crippen molar-refractivity contribution < 1.29 is 0 Å². The fraction of sp³-hybridized carbons (Fsp3) is 0.308. The van der Waals surface area contributed by atoms with Crippen LogP contribution < -0.4 is 5.32 Å². The Bertz CT molecular complexity index is 553. The standard InChI is InChI=1S/C13H15N5/c1-18-8-5-12(17-18)4-7-15-10-11-3-2-6-16-13(11)9-14/h2-3,5-6,8,15H,4,7,10H2,1H3. The first-order chi connectivity index (χ1) is 8.79. The summed E-state index contributed by atoms with van der Waals surface area (Å²) in [7, 11) is 1.91. The molecule has 0 radical (unpaired) electrons. The van der Waals surface area contributed by atoms with Gasteiger partial charge in [-0.3, -0.25) is 4.68 Å². The summed E-state index contributed by atoms with van der Waals surface area (Å²) in [6.45, 7) is 1.49. The molecule has 5 nitrogen and oxygen atoms in total. The molecule has 0 aliphatic rings. The summed E-state index contributed by atoms with van der Waals surface area (Å²) in [5, 5.41) is 16.5. The molecule has 0 bridgehead atoms. The van der Waals surface area contributed by atoms with Gasteiger partial charge in [0.1, 0.15) is 11.8 Å². The SMILES string of the molecule is Cn1ccc(CCNCc2cccnc2C#N)n1. The molecule has 0 saturated heterocycles. The van der Waals surface area contributed by atoms with Gasteiger partial charge in [-0.25, -0.2) is 4.98 Å². The Kier molecular flexibility index (Phi) is 4.05. The zero-order valence-electron chi connectivity index (χ0n) is 10.3. The van der Waals surface area contributed by atoms with E-state index in [1.54, 1.807) is 10.9 Å². The summed E-state index contributed by atoms with van der Waals surface area (Å²) in [5.41, 5.74) is 2.49. The highest BCUT2D eigenvalue weighted by Crippen LogP contribution is 2.03. The summed E-state index contributed by atoms with van der Waals surface area (Å²) in [6.07, 6.45) is 4.45. The van der Waals surface area contributed by atoms with Gasteiger partial charge in [0.05, 0.1) is 5.69 Å². The second kappa shape index (κ2) is 5.94. The van der Waals surface area contributed by atoms with Crippen molar-refractivity contribution in [1.82, 2.24) is 20.1 Å². The van der Waals surface area contributed by atoms with Crippen LogP contribution in [-0.4, -0.2) is 21.3 Å². The molecule has 0 aromatic carbocycles. The quantitative estimate of drug-likeness (QED) is 0.794. The Hall–Kier alpha value is -2.19. The molecule has 0 spiro atoms. The van der Waals surface area contributed by atoms with Gasteiger partial charge < -0.3 is 5.32 Å². The minimum Gasteiger partial charge on any atom is -0.312 e. The number of hydrogen-bond donors (Lipinski definition) is 1. The predicted octanol–water partition coefficient (Wildman–Crippen LogP) is 1.02. The Morgan fingerprint density at radius 1 is 1.44 bits per heavy atom. The van der Waals surface area contributed by atoms with Crippen LogP contribution in [0.3, 0.4) is 0 Å². The molecule has 0 atom stereocenters. The first-order valence-electron chi connectivity index (χ1n) is 5.83. The maximum Gasteiger partial charge on any atom is 0.144 e. The number of rotatable bonds is 5. The maximum atomic E-state index is 8.90. The van der Waals surface area contributed by atoms with Gasteiger partial charge in [0.2, 0.25) is 0 Å². The van der Waals surface area contributed by atoms with Gasteiger partial charge in [0, 0.05) is 44.5 Å². The van der Waals surface area contributed by atoms with Crippen molar-refractivity contribution in [2.45, 2.75) is 13.0 Å². The van der Waals surface area contributed by atoms with Gasteiger partial charge in [-0.05, 0) is 12.1 Å². The smallest absolute Gasteiger partial charge is 0.144 e. The Labute approximate surface area is 106 Å². The molecule has 0 fully saturated rings. The van der Waals surface area contributed by atoms with E-state index < -0.39 is 0 Å². The summed E-state index contributed by atoms with van der Waals surface area (Å²) in [5.74, 6) is 0. The lowest BCUT2D eigenvalue weighted by atomic mass is 10.2. The third-order valence-corrected chi connectivity index (χ3v) is 2.64. The minimum absolute atomic E-state index is 0.489. The van der Waals surface area contributed by atoms with Crippen LogP contribution in [0.1, 0.15) is 17.0 Å². The summed E-state index contributed by atoms with van der Waals surface area (Å²) < 4.78 is 1.80. The number of nitrogens with zero attached hydrogens (tertiary/aromatic N) is 4. The number of nitriles is 1. The molecule has 5 heteroatoms. The highest BCUT2D eigenvalue weighted by atomic mass is 15.2. The van der Waals surface area contributed by atoms with E-state index in [2.05, 4.69) is 21.5 Å². The van der Waals surface area contributed by atoms with Crippen molar-refractivity contribution in [2.24, 2.45) is 7.05 Å². The number of nitrogens with one attached hydrogen (secondary N) is 1. The normalized spacial score (nSPS) is 10.2. The van der Waals surface area contributed by atoms with Crippen molar-refractivity contribution in [3.63, 3.8) is 0 Å². The average Bonchev–Trinajstić information content (AvgIpc) is 2.81. The Morgan fingerprint density at radius 3 is 3.06 bits per heavy atom. The lowest BCUT2D eigenvalue weighted by molar-refractivity contribution is 0.663. The Morgan fingerprint density at radius 2 is 2.33 bits per heavy atom. The fourth-order valence-corrected chi connectivity index (χ4v) is 1.72. The van der Waals surface area contributed by atoms with Gasteiger partial charge in [-0.1, -0.05) is 6.07 Å². The highest BCUT2D eigenvalue weighted by molar-refractivity contribution is 5.30. The molecule has 0 aliphatic carbocycles. The third kappa shape index (κ3) is 3.15. The summed E-state index contributed by atoms with van der Waals surface area (Å²) in [4.78, 5) is 4.02. The number of pyridine rings is 1. The van der Waals surface area contributed by atoms with Gasteiger partial charge in [0.25, 0.3) is 0 Å². The molecular weight excluding hydrogens is 226 g/mol. The van der Waals surface area contributed by atoms with Crippen molar-refractivity contribution in [3.05, 3.63) is 47.5 Å². The molecule has 0 unspecified atom stereocenters. The van der Waals surface area contributed by atoms with Gasteiger partial charge in [0.15, 0.2) is 0 Å². The summed E-state index contributed by atoms with van der Waals surface area (Å²) >= 11 is 0. The van der Waals surface area contributed by atoms with Gasteiger partial charge >= 0.3 is 0 Å². The monoisotopic (exact) mass is 241 g/mol. The van der Waals surface area contributed by atoms with Gasteiger partial charge in [-0.2, -0.15) is 10.4 Å². The molecule has 0 amide bonds. The topological polar surface area (TPSA) is 66.5 Å². The van der Waals surface area contributed by atoms with Crippen LogP contribution in [0.2, 0.25) is 0 Å². The van der Waals surface area contributed by atoms with Crippen LogP contribution >= 0.6 is 0 Å². The van der Waals surface area contributed by atoms with Crippen LogP contribution in [0.5, 0.6) is 0 Å². The van der Waals surface area contributed by atoms with Crippen LogP contribution in [0.15, 0.2) is 30.6 Å². The van der Waals surface area contributed by atoms with Crippen LogP contribution in [0.4, 0.5) is 0 Å². The maximum absolute atomic E-state index is 8.90. The molecule has 1 N–H and O–H groups in total. The lowest BCUT2D eigenvalue weighted by Crippen LogP contribution is -2.17. The van der Waals surface area contributed by atoms with E-state index >= 15 is 0 Å². The number of aromatic nitrogens is 3. The second-order valence-electron chi connectivity index (χ2n) is 4.03. The average molecular weight is 241 g/mol. The van der Waals surface area contributed by atoms with E-state index in [1.165, 1.54) is 0 Å². The summed E-state index contributed by atoms with van der Waals surface area (Å²) in [6, 6.07) is 7.86. The fourth-order valence-electron chi connectivity index (χ4n) is 1.72. The second-order valence-corrected chi connectivity index (χ2v) is 4.03. The van der Waals surface area contributed by atoms with Crippen LogP contribution in [0.25, 0.3) is 0 Å². The van der Waals surface area contributed by atoms with Crippen molar-refractivity contribution >= 4 is 0 Å². The molecule has 0 aliphatic heterocycles. The Balaban J connectivity index is 1.80. The van der Waals surface area contributed by atoms with Crippen LogP contribution in [-0.2, 0) is 20.0 Å². The van der Waals surface area contributed by atoms with Crippen molar-refractivity contribution in [3.8, 4) is 6.07 Å². The molecule has 18 heavy (non-hydrogen) atoms.